The van der Waals surface area contributed by atoms with Gasteiger partial charge in [-0.25, -0.2) is 0 Å². The summed E-state index contributed by atoms with van der Waals surface area (Å²) in [6.07, 6.45) is 0.211. The lowest BCUT2D eigenvalue weighted by molar-refractivity contribution is -0.139. The molecule has 1 aliphatic rings. The van der Waals surface area contributed by atoms with Crippen LogP contribution in [-0.2, 0) is 9.59 Å². The highest BCUT2D eigenvalue weighted by Crippen LogP contribution is 2.29. The molecule has 0 bridgehead atoms. The Morgan fingerprint density at radius 3 is 2.35 bits per heavy atom. The van der Waals surface area contributed by atoms with Gasteiger partial charge in [-0.3, -0.25) is 9.59 Å². The lowest BCUT2D eigenvalue weighted by Gasteiger charge is -2.25. The first-order valence-electron chi connectivity index (χ1n) is 7.76. The van der Waals surface area contributed by atoms with E-state index in [-0.39, 0.29) is 24.3 Å². The largest absolute Gasteiger partial charge is 0.426 e. The van der Waals surface area contributed by atoms with E-state index in [1.165, 1.54) is 0 Å². The molecule has 1 aliphatic heterocycles. The lowest BCUT2D eigenvalue weighted by Crippen LogP contribution is -2.30. The smallest absolute Gasteiger partial charge is 0.316 e. The predicted molar refractivity (Wildman–Crippen MR) is 86.8 cm³/mol. The second-order valence-corrected chi connectivity index (χ2v) is 5.77. The molecule has 1 saturated heterocycles. The Labute approximate surface area is 135 Å². The van der Waals surface area contributed by atoms with Crippen molar-refractivity contribution in [2.24, 2.45) is 5.92 Å². The average Bonchev–Trinajstić information content (AvgIpc) is 2.98. The van der Waals surface area contributed by atoms with Crippen LogP contribution in [0.4, 0.5) is 0 Å². The first-order valence-corrected chi connectivity index (χ1v) is 7.76. The zero-order chi connectivity index (χ0) is 16.2. The Kier molecular flexibility index (Phi) is 4.42. The van der Waals surface area contributed by atoms with Crippen molar-refractivity contribution in [1.29, 1.82) is 0 Å². The minimum atomic E-state index is -0.408. The van der Waals surface area contributed by atoms with E-state index in [1.807, 2.05) is 55.5 Å². The number of carbonyl (C=O) groups excluding carboxylic acids is 2. The van der Waals surface area contributed by atoms with E-state index >= 15 is 0 Å². The molecule has 23 heavy (non-hydrogen) atoms. The molecular formula is C19H19NO3. The van der Waals surface area contributed by atoms with E-state index in [2.05, 4.69) is 0 Å². The van der Waals surface area contributed by atoms with E-state index in [0.29, 0.717) is 12.3 Å². The van der Waals surface area contributed by atoms with Crippen LogP contribution in [0.25, 0.3) is 0 Å². The number of carbonyl (C=O) groups is 2. The van der Waals surface area contributed by atoms with Crippen molar-refractivity contribution in [2.45, 2.75) is 19.4 Å². The maximum atomic E-state index is 12.3. The van der Waals surface area contributed by atoms with Gasteiger partial charge in [-0.15, -0.1) is 0 Å². The Morgan fingerprint density at radius 2 is 1.70 bits per heavy atom. The number of ether oxygens (including phenoxy) is 1. The number of benzene rings is 2. The maximum Gasteiger partial charge on any atom is 0.316 e. The van der Waals surface area contributed by atoms with Gasteiger partial charge in [-0.1, -0.05) is 48.5 Å². The van der Waals surface area contributed by atoms with E-state index in [9.17, 15) is 9.59 Å². The number of amides is 1. The van der Waals surface area contributed by atoms with E-state index in [1.54, 1.807) is 17.0 Å². The van der Waals surface area contributed by atoms with Gasteiger partial charge < -0.3 is 9.64 Å². The van der Waals surface area contributed by atoms with Crippen molar-refractivity contribution in [3.05, 3.63) is 66.2 Å². The van der Waals surface area contributed by atoms with E-state index in [4.69, 9.17) is 4.74 Å². The molecule has 0 radical (unpaired) electrons. The number of hydrogen-bond acceptors (Lipinski definition) is 3. The van der Waals surface area contributed by atoms with Gasteiger partial charge in [0, 0.05) is 13.0 Å². The number of likely N-dealkylation sites (tertiary alicyclic amines) is 1. The fourth-order valence-electron chi connectivity index (χ4n) is 2.86. The first-order chi connectivity index (χ1) is 11.1. The number of rotatable bonds is 4. The maximum absolute atomic E-state index is 12.3. The highest BCUT2D eigenvalue weighted by atomic mass is 16.5. The van der Waals surface area contributed by atoms with Crippen molar-refractivity contribution in [2.75, 3.05) is 6.54 Å². The molecule has 0 N–H and O–H groups in total. The van der Waals surface area contributed by atoms with Crippen molar-refractivity contribution in [1.82, 2.24) is 4.90 Å². The molecule has 1 heterocycles. The summed E-state index contributed by atoms with van der Waals surface area (Å²) >= 11 is 0. The molecule has 2 aromatic rings. The molecule has 0 aliphatic carbocycles. The standard InChI is InChI=1S/C19H19NO3/c1-14(15-8-4-2-5-9-15)20-13-16(12-18(20)21)19(22)23-17-10-6-3-7-11-17/h2-11,14,16H,12-13H2,1H3/t14-,16-/m1/s1. The van der Waals surface area contributed by atoms with Crippen LogP contribution < -0.4 is 4.74 Å². The molecule has 0 aromatic heterocycles. The highest BCUT2D eigenvalue weighted by molar-refractivity contribution is 5.87. The van der Waals surface area contributed by atoms with Crippen LogP contribution >= 0.6 is 0 Å². The summed E-state index contributed by atoms with van der Waals surface area (Å²) in [6.45, 7) is 2.39. The number of para-hydroxylation sites is 1. The Bertz CT molecular complexity index is 684. The molecule has 1 amide bonds. The van der Waals surface area contributed by atoms with Crippen molar-refractivity contribution < 1.29 is 14.3 Å². The molecule has 0 saturated carbocycles. The van der Waals surface area contributed by atoms with Gasteiger partial charge in [0.1, 0.15) is 5.75 Å². The zero-order valence-electron chi connectivity index (χ0n) is 13.0. The molecule has 4 nitrogen and oxygen atoms in total. The minimum absolute atomic E-state index is 0.00337. The zero-order valence-corrected chi connectivity index (χ0v) is 13.0. The van der Waals surface area contributed by atoms with Crippen LogP contribution in [0.2, 0.25) is 0 Å². The van der Waals surface area contributed by atoms with Crippen LogP contribution in [0.5, 0.6) is 5.75 Å². The van der Waals surface area contributed by atoms with Crippen LogP contribution in [0.1, 0.15) is 24.9 Å². The topological polar surface area (TPSA) is 46.6 Å². The third-order valence-corrected chi connectivity index (χ3v) is 4.20. The van der Waals surface area contributed by atoms with Gasteiger partial charge in [-0.05, 0) is 24.6 Å². The van der Waals surface area contributed by atoms with Gasteiger partial charge in [0.25, 0.3) is 0 Å². The number of nitrogens with zero attached hydrogens (tertiary/aromatic N) is 1. The fraction of sp³-hybridized carbons (Fsp3) is 0.263. The van der Waals surface area contributed by atoms with Crippen molar-refractivity contribution in [3.8, 4) is 5.75 Å². The fourth-order valence-corrected chi connectivity index (χ4v) is 2.86. The van der Waals surface area contributed by atoms with Gasteiger partial charge >= 0.3 is 5.97 Å². The van der Waals surface area contributed by atoms with Crippen LogP contribution in [0.3, 0.4) is 0 Å². The second kappa shape index (κ2) is 6.65. The number of esters is 1. The third kappa shape index (κ3) is 3.42. The summed E-state index contributed by atoms with van der Waals surface area (Å²) in [5.74, 6) is -0.239. The predicted octanol–water partition coefficient (Wildman–Crippen LogP) is 3.20. The van der Waals surface area contributed by atoms with E-state index < -0.39 is 5.92 Å². The lowest BCUT2D eigenvalue weighted by atomic mass is 10.1. The van der Waals surface area contributed by atoms with Crippen molar-refractivity contribution in [3.63, 3.8) is 0 Å². The Hall–Kier alpha value is -2.62. The van der Waals surface area contributed by atoms with Crippen molar-refractivity contribution >= 4 is 11.9 Å². The molecule has 0 unspecified atom stereocenters. The van der Waals surface area contributed by atoms with Crippen LogP contribution in [-0.4, -0.2) is 23.3 Å². The molecule has 3 rings (SSSR count). The monoisotopic (exact) mass is 309 g/mol. The van der Waals surface area contributed by atoms with Crippen LogP contribution in [0, 0.1) is 5.92 Å². The summed E-state index contributed by atoms with van der Waals surface area (Å²) in [4.78, 5) is 26.3. The normalized spacial score (nSPS) is 18.7. The van der Waals surface area contributed by atoms with Gasteiger partial charge in [0.05, 0.1) is 12.0 Å². The summed E-state index contributed by atoms with van der Waals surface area (Å²) in [7, 11) is 0. The van der Waals surface area contributed by atoms with Gasteiger partial charge in [0.15, 0.2) is 0 Å². The summed E-state index contributed by atoms with van der Waals surface area (Å²) in [6, 6.07) is 18.7. The molecule has 118 valence electrons. The highest BCUT2D eigenvalue weighted by Gasteiger charge is 2.38. The Morgan fingerprint density at radius 1 is 1.09 bits per heavy atom. The SMILES string of the molecule is C[C@H](c1ccccc1)N1C[C@H](C(=O)Oc2ccccc2)CC1=O. The summed E-state index contributed by atoms with van der Waals surface area (Å²) in [5, 5.41) is 0. The van der Waals surface area contributed by atoms with Crippen LogP contribution in [0.15, 0.2) is 60.7 Å². The average molecular weight is 309 g/mol. The molecule has 1 fully saturated rings. The molecule has 2 atom stereocenters. The summed E-state index contributed by atoms with van der Waals surface area (Å²) < 4.78 is 5.36. The second-order valence-electron chi connectivity index (χ2n) is 5.77. The Balaban J connectivity index is 1.66. The van der Waals surface area contributed by atoms with E-state index in [0.717, 1.165) is 5.56 Å². The first kappa shape index (κ1) is 15.3. The summed E-state index contributed by atoms with van der Waals surface area (Å²) in [5.41, 5.74) is 1.07. The van der Waals surface area contributed by atoms with Gasteiger partial charge in [-0.2, -0.15) is 0 Å². The molecule has 2 aromatic carbocycles. The molecule has 0 spiro atoms. The third-order valence-electron chi connectivity index (χ3n) is 4.20. The quantitative estimate of drug-likeness (QED) is 0.643. The molecular weight excluding hydrogens is 290 g/mol. The van der Waals surface area contributed by atoms with Gasteiger partial charge in [0.2, 0.25) is 5.91 Å². The minimum Gasteiger partial charge on any atom is -0.426 e. The number of hydrogen-bond donors (Lipinski definition) is 0. The molecule has 4 heteroatoms.